The molecular formula is C10H16N2OS. The van der Waals surface area contributed by atoms with Crippen LogP contribution in [0.5, 0.6) is 0 Å². The Balaban J connectivity index is 2.64. The first-order valence-electron chi connectivity index (χ1n) is 4.52. The fourth-order valence-corrected chi connectivity index (χ4v) is 2.16. The maximum Gasteiger partial charge on any atom is 0.223 e. The van der Waals surface area contributed by atoms with Crippen molar-refractivity contribution in [1.82, 2.24) is 4.90 Å². The Labute approximate surface area is 88.5 Å². The van der Waals surface area contributed by atoms with Gasteiger partial charge < -0.3 is 10.6 Å². The van der Waals surface area contributed by atoms with Crippen LogP contribution in [-0.2, 0) is 4.79 Å². The molecule has 0 aromatic carbocycles. The summed E-state index contributed by atoms with van der Waals surface area (Å²) in [5.41, 5.74) is 7.12. The van der Waals surface area contributed by atoms with Crippen molar-refractivity contribution in [3.63, 3.8) is 0 Å². The molecule has 78 valence electrons. The molecule has 1 amide bonds. The van der Waals surface area contributed by atoms with Gasteiger partial charge in [-0.05, 0) is 23.9 Å². The van der Waals surface area contributed by atoms with Crippen LogP contribution in [0.25, 0.3) is 0 Å². The molecule has 1 atom stereocenters. The van der Waals surface area contributed by atoms with E-state index in [1.54, 1.807) is 30.3 Å². The zero-order valence-corrected chi connectivity index (χ0v) is 9.60. The minimum atomic E-state index is -0.162. The molecule has 0 bridgehead atoms. The van der Waals surface area contributed by atoms with Gasteiger partial charge in [0.25, 0.3) is 0 Å². The third kappa shape index (κ3) is 2.56. The molecule has 0 spiro atoms. The van der Waals surface area contributed by atoms with Crippen LogP contribution in [0.2, 0.25) is 0 Å². The van der Waals surface area contributed by atoms with Crippen molar-refractivity contribution in [3.8, 4) is 0 Å². The largest absolute Gasteiger partial charge is 0.349 e. The Kier molecular flexibility index (Phi) is 3.66. The Morgan fingerprint density at radius 1 is 1.64 bits per heavy atom. The lowest BCUT2D eigenvalue weighted by molar-refractivity contribution is -0.129. The average Bonchev–Trinajstić information content (AvgIpc) is 2.51. The molecule has 1 heterocycles. The second-order valence-electron chi connectivity index (χ2n) is 3.57. The third-order valence-electron chi connectivity index (χ3n) is 2.13. The van der Waals surface area contributed by atoms with Gasteiger partial charge in [-0.2, -0.15) is 0 Å². The van der Waals surface area contributed by atoms with Crippen LogP contribution in [0, 0.1) is 6.92 Å². The molecule has 1 aromatic rings. The Bertz CT molecular complexity index is 320. The second kappa shape index (κ2) is 4.57. The smallest absolute Gasteiger partial charge is 0.223 e. The molecule has 1 unspecified atom stereocenters. The third-order valence-corrected chi connectivity index (χ3v) is 3.28. The summed E-state index contributed by atoms with van der Waals surface area (Å²) in [4.78, 5) is 14.1. The summed E-state index contributed by atoms with van der Waals surface area (Å²) in [5, 5.41) is 2.00. The van der Waals surface area contributed by atoms with Crippen molar-refractivity contribution < 1.29 is 4.79 Å². The number of rotatable bonds is 3. The quantitative estimate of drug-likeness (QED) is 0.826. The van der Waals surface area contributed by atoms with Gasteiger partial charge in [-0.1, -0.05) is 0 Å². The number of carbonyl (C=O) groups excluding carboxylic acids is 1. The number of nitrogens with zero attached hydrogens (tertiary/aromatic N) is 1. The van der Waals surface area contributed by atoms with E-state index in [1.165, 1.54) is 5.56 Å². The van der Waals surface area contributed by atoms with Crippen molar-refractivity contribution >= 4 is 17.2 Å². The van der Waals surface area contributed by atoms with Gasteiger partial charge in [0.1, 0.15) is 0 Å². The van der Waals surface area contributed by atoms with Crippen LogP contribution in [0.3, 0.4) is 0 Å². The molecule has 3 nitrogen and oxygen atoms in total. The van der Waals surface area contributed by atoms with Gasteiger partial charge in [-0.3, -0.25) is 4.79 Å². The van der Waals surface area contributed by atoms with E-state index >= 15 is 0 Å². The second-order valence-corrected chi connectivity index (χ2v) is 4.51. The van der Waals surface area contributed by atoms with Crippen LogP contribution >= 0.6 is 11.3 Å². The first kappa shape index (κ1) is 11.2. The van der Waals surface area contributed by atoms with Crippen LogP contribution in [-0.4, -0.2) is 24.9 Å². The van der Waals surface area contributed by atoms with Crippen LogP contribution in [0.1, 0.15) is 22.9 Å². The molecule has 2 N–H and O–H groups in total. The van der Waals surface area contributed by atoms with E-state index in [-0.39, 0.29) is 11.9 Å². The van der Waals surface area contributed by atoms with E-state index in [1.807, 2.05) is 18.4 Å². The van der Waals surface area contributed by atoms with Gasteiger partial charge in [0.15, 0.2) is 0 Å². The summed E-state index contributed by atoms with van der Waals surface area (Å²) in [7, 11) is 3.49. The van der Waals surface area contributed by atoms with Gasteiger partial charge >= 0.3 is 0 Å². The predicted molar refractivity (Wildman–Crippen MR) is 59.3 cm³/mol. The van der Waals surface area contributed by atoms with E-state index in [9.17, 15) is 4.79 Å². The standard InChI is InChI=1S/C10H16N2OS/c1-7-4-5-14-10(7)8(11)6-9(13)12(2)3/h4-5,8H,6,11H2,1-3H3. The van der Waals surface area contributed by atoms with E-state index in [2.05, 4.69) is 0 Å². The molecule has 0 radical (unpaired) electrons. The van der Waals surface area contributed by atoms with Gasteiger partial charge in [-0.15, -0.1) is 11.3 Å². The van der Waals surface area contributed by atoms with E-state index in [0.717, 1.165) is 4.88 Å². The molecule has 0 aliphatic rings. The number of hydrogen-bond donors (Lipinski definition) is 1. The highest BCUT2D eigenvalue weighted by atomic mass is 32.1. The minimum Gasteiger partial charge on any atom is -0.349 e. The number of carbonyl (C=O) groups is 1. The average molecular weight is 212 g/mol. The molecule has 4 heteroatoms. The maximum atomic E-state index is 11.4. The highest BCUT2D eigenvalue weighted by Gasteiger charge is 2.15. The zero-order chi connectivity index (χ0) is 10.7. The number of amides is 1. The minimum absolute atomic E-state index is 0.0744. The van der Waals surface area contributed by atoms with Crippen LogP contribution in [0.4, 0.5) is 0 Å². The normalized spacial score (nSPS) is 12.6. The lowest BCUT2D eigenvalue weighted by atomic mass is 10.1. The fourth-order valence-electron chi connectivity index (χ4n) is 1.23. The highest BCUT2D eigenvalue weighted by molar-refractivity contribution is 7.10. The predicted octanol–water partition coefficient (Wildman–Crippen LogP) is 1.53. The summed E-state index contributed by atoms with van der Waals surface area (Å²) < 4.78 is 0. The van der Waals surface area contributed by atoms with Crippen molar-refractivity contribution in [2.75, 3.05) is 14.1 Å². The molecular weight excluding hydrogens is 196 g/mol. The first-order valence-corrected chi connectivity index (χ1v) is 5.40. The zero-order valence-electron chi connectivity index (χ0n) is 8.78. The Morgan fingerprint density at radius 3 is 2.71 bits per heavy atom. The summed E-state index contributed by atoms with van der Waals surface area (Å²) in [6, 6.07) is 1.87. The number of nitrogens with two attached hydrogens (primary N) is 1. The van der Waals surface area contributed by atoms with Gasteiger partial charge in [0.05, 0.1) is 0 Å². The Morgan fingerprint density at radius 2 is 2.29 bits per heavy atom. The van der Waals surface area contributed by atoms with Gasteiger partial charge in [0.2, 0.25) is 5.91 Å². The molecule has 1 rings (SSSR count). The Hall–Kier alpha value is -0.870. The SMILES string of the molecule is Cc1ccsc1C(N)CC(=O)N(C)C. The molecule has 0 saturated heterocycles. The fraction of sp³-hybridized carbons (Fsp3) is 0.500. The highest BCUT2D eigenvalue weighted by Crippen LogP contribution is 2.24. The van der Waals surface area contributed by atoms with Crippen molar-refractivity contribution in [2.45, 2.75) is 19.4 Å². The summed E-state index contributed by atoms with van der Waals surface area (Å²) in [5.74, 6) is 0.0744. The summed E-state index contributed by atoms with van der Waals surface area (Å²) >= 11 is 1.62. The first-order chi connectivity index (χ1) is 6.52. The number of thiophene rings is 1. The number of hydrogen-bond acceptors (Lipinski definition) is 3. The van der Waals surface area contributed by atoms with Gasteiger partial charge in [0, 0.05) is 31.4 Å². The van der Waals surface area contributed by atoms with Crippen molar-refractivity contribution in [2.24, 2.45) is 5.73 Å². The maximum absolute atomic E-state index is 11.4. The van der Waals surface area contributed by atoms with Crippen molar-refractivity contribution in [3.05, 3.63) is 21.9 Å². The van der Waals surface area contributed by atoms with Crippen molar-refractivity contribution in [1.29, 1.82) is 0 Å². The topological polar surface area (TPSA) is 46.3 Å². The van der Waals surface area contributed by atoms with Crippen LogP contribution in [0.15, 0.2) is 11.4 Å². The van der Waals surface area contributed by atoms with E-state index < -0.39 is 0 Å². The molecule has 1 aromatic heterocycles. The lowest BCUT2D eigenvalue weighted by Crippen LogP contribution is -2.26. The molecule has 14 heavy (non-hydrogen) atoms. The lowest BCUT2D eigenvalue weighted by Gasteiger charge is -2.14. The summed E-state index contributed by atoms with van der Waals surface area (Å²) in [6.07, 6.45) is 0.383. The monoisotopic (exact) mass is 212 g/mol. The van der Waals surface area contributed by atoms with E-state index in [0.29, 0.717) is 6.42 Å². The van der Waals surface area contributed by atoms with E-state index in [4.69, 9.17) is 5.73 Å². The van der Waals surface area contributed by atoms with Crippen LogP contribution < -0.4 is 5.73 Å². The molecule has 0 aliphatic heterocycles. The molecule has 0 saturated carbocycles. The summed E-state index contributed by atoms with van der Waals surface area (Å²) in [6.45, 7) is 2.02. The van der Waals surface area contributed by atoms with Gasteiger partial charge in [-0.25, -0.2) is 0 Å². The molecule has 0 aliphatic carbocycles. The number of aryl methyl sites for hydroxylation is 1. The molecule has 0 fully saturated rings.